The molecule has 1 aromatic heterocycles. The van der Waals surface area contributed by atoms with Crippen molar-refractivity contribution in [3.8, 4) is 5.75 Å². The fourth-order valence-electron chi connectivity index (χ4n) is 4.93. The molecule has 3 aromatic rings. The molecule has 0 saturated carbocycles. The van der Waals surface area contributed by atoms with Crippen molar-refractivity contribution in [2.24, 2.45) is 0 Å². The molecule has 3 heterocycles. The van der Waals surface area contributed by atoms with E-state index in [-0.39, 0.29) is 0 Å². The summed E-state index contributed by atoms with van der Waals surface area (Å²) in [6.07, 6.45) is 4.08. The molecule has 194 valence electrons. The molecule has 2 aromatic carbocycles. The highest BCUT2D eigenvalue weighted by atomic mass is 32.2. The van der Waals surface area contributed by atoms with Gasteiger partial charge >= 0.3 is 0 Å². The van der Waals surface area contributed by atoms with Gasteiger partial charge in [-0.2, -0.15) is 0 Å². The molecule has 2 fully saturated rings. The first-order valence-corrected chi connectivity index (χ1v) is 13.9. The Labute approximate surface area is 223 Å². The molecule has 0 aliphatic carbocycles. The van der Waals surface area contributed by atoms with Gasteiger partial charge in [0.1, 0.15) is 11.5 Å². The fraction of sp³-hybridized carbons (Fsp3) is 0.379. The smallest absolute Gasteiger partial charge is 0.223 e. The summed E-state index contributed by atoms with van der Waals surface area (Å²) < 4.78 is 6.57. The minimum absolute atomic E-state index is 0.336. The van der Waals surface area contributed by atoms with Gasteiger partial charge in [0.05, 0.1) is 10.6 Å². The van der Waals surface area contributed by atoms with Crippen LogP contribution in [0.3, 0.4) is 0 Å². The number of fused-ring (bicyclic) bond motifs is 1. The molecule has 5 rings (SSSR count). The molecule has 2 saturated heterocycles. The quantitative estimate of drug-likeness (QED) is 0.351. The van der Waals surface area contributed by atoms with Crippen LogP contribution in [0.2, 0.25) is 0 Å². The fourth-order valence-corrected chi connectivity index (χ4v) is 5.68. The largest absolute Gasteiger partial charge is 0.460 e. The summed E-state index contributed by atoms with van der Waals surface area (Å²) in [4.78, 5) is 13.7. The van der Waals surface area contributed by atoms with Gasteiger partial charge in [0.2, 0.25) is 5.95 Å². The third kappa shape index (κ3) is 6.26. The number of benzene rings is 2. The van der Waals surface area contributed by atoms with Gasteiger partial charge in [-0.05, 0) is 56.3 Å². The van der Waals surface area contributed by atoms with Gasteiger partial charge in [-0.15, -0.1) is 0 Å². The molecule has 0 radical (unpaired) electrons. The highest BCUT2D eigenvalue weighted by Crippen LogP contribution is 2.39. The monoisotopic (exact) mass is 516 g/mol. The Morgan fingerprint density at radius 3 is 2.62 bits per heavy atom. The Balaban J connectivity index is 1.46. The minimum Gasteiger partial charge on any atom is -0.460 e. The molecule has 1 unspecified atom stereocenters. The second-order valence-corrected chi connectivity index (χ2v) is 10.9. The first kappa shape index (κ1) is 25.6. The number of allylic oxidation sites excluding steroid dienone is 2. The maximum atomic E-state index is 6.57. The highest BCUT2D eigenvalue weighted by Gasteiger charge is 2.19. The number of anilines is 2. The summed E-state index contributed by atoms with van der Waals surface area (Å²) in [6, 6.07) is 15.0. The van der Waals surface area contributed by atoms with Gasteiger partial charge in [-0.25, -0.2) is 9.97 Å². The van der Waals surface area contributed by atoms with E-state index in [1.165, 1.54) is 11.1 Å². The van der Waals surface area contributed by atoms with E-state index in [4.69, 9.17) is 9.72 Å². The van der Waals surface area contributed by atoms with Crippen molar-refractivity contribution in [1.82, 2.24) is 20.6 Å². The number of rotatable bonds is 8. The average Bonchev–Trinajstić information content (AvgIpc) is 2.93. The first-order valence-electron chi connectivity index (χ1n) is 13.1. The van der Waals surface area contributed by atoms with E-state index in [2.05, 4.69) is 68.8 Å². The van der Waals surface area contributed by atoms with Gasteiger partial charge in [0, 0.05) is 61.4 Å². The van der Waals surface area contributed by atoms with Gasteiger partial charge in [0.15, 0.2) is 0 Å². The van der Waals surface area contributed by atoms with E-state index in [9.17, 15) is 0 Å². The van der Waals surface area contributed by atoms with Crippen LogP contribution in [0.25, 0.3) is 15.7 Å². The number of ether oxygens (including phenoxy) is 1. The van der Waals surface area contributed by atoms with Crippen molar-refractivity contribution in [2.45, 2.75) is 32.7 Å². The second-order valence-electron chi connectivity index (χ2n) is 9.61. The lowest BCUT2D eigenvalue weighted by Gasteiger charge is -2.30. The van der Waals surface area contributed by atoms with Crippen molar-refractivity contribution >= 4 is 39.1 Å². The minimum atomic E-state index is 0.336. The zero-order valence-corrected chi connectivity index (χ0v) is 22.5. The molecule has 37 heavy (non-hydrogen) atoms. The Morgan fingerprint density at radius 2 is 1.86 bits per heavy atom. The Bertz CT molecular complexity index is 1280. The topological polar surface area (TPSA) is 74.3 Å². The summed E-state index contributed by atoms with van der Waals surface area (Å²) in [5.41, 5.74) is 2.08. The number of nitrogens with one attached hydrogen (secondary N) is 3. The van der Waals surface area contributed by atoms with Crippen molar-refractivity contribution in [1.29, 1.82) is 0 Å². The molecule has 2 aliphatic heterocycles. The lowest BCUT2D eigenvalue weighted by atomic mass is 10.1. The number of aromatic nitrogens is 2. The van der Waals surface area contributed by atoms with Crippen molar-refractivity contribution < 1.29 is 4.74 Å². The Morgan fingerprint density at radius 1 is 1.05 bits per heavy atom. The predicted octanol–water partition coefficient (Wildman–Crippen LogP) is 5.24. The average molecular weight is 517 g/mol. The number of hydrogen-bond acceptors (Lipinski definition) is 8. The van der Waals surface area contributed by atoms with Gasteiger partial charge in [-0.1, -0.05) is 42.6 Å². The molecule has 2 aliphatic rings. The summed E-state index contributed by atoms with van der Waals surface area (Å²) in [6.45, 7) is 14.2. The van der Waals surface area contributed by atoms with Gasteiger partial charge in [0.25, 0.3) is 0 Å². The van der Waals surface area contributed by atoms with Gasteiger partial charge < -0.3 is 25.6 Å². The molecule has 0 bridgehead atoms. The normalized spacial score (nSPS) is 18.9. The molecule has 0 amide bonds. The Hall–Kier alpha value is -3.07. The summed E-state index contributed by atoms with van der Waals surface area (Å²) in [5, 5.41) is 12.7. The maximum absolute atomic E-state index is 6.57. The van der Waals surface area contributed by atoms with E-state index in [0.29, 0.717) is 12.0 Å². The number of hydrogen-bond donors (Lipinski definition) is 3. The molecule has 0 spiro atoms. The van der Waals surface area contributed by atoms with Crippen molar-refractivity contribution in [3.63, 3.8) is 0 Å². The zero-order chi connectivity index (χ0) is 25.6. The number of piperidine rings is 1. The molecular formula is C29H36N6OS. The van der Waals surface area contributed by atoms with Crippen LogP contribution >= 0.6 is 11.8 Å². The standard InChI is InChI=1S/C29H36N6OS/c1-20(2)37-28(25-12-14-32-29(34-25)33-22-7-6-13-31-19-22)21(3)36-27-11-10-26(35-17-15-30-16-18-35)23-8-4-5-9-24(23)27/h4-5,8-12,14,22,30-31H,1,6-7,13,15-19H2,2-3H3,(H,32,33,34)/b28-21+. The lowest BCUT2D eigenvalue weighted by molar-refractivity contribution is 0.437. The van der Waals surface area contributed by atoms with E-state index in [1.54, 1.807) is 11.8 Å². The third-order valence-electron chi connectivity index (χ3n) is 6.70. The summed E-state index contributed by atoms with van der Waals surface area (Å²) in [7, 11) is 0. The maximum Gasteiger partial charge on any atom is 0.223 e. The molecule has 7 nitrogen and oxygen atoms in total. The Kier molecular flexibility index (Phi) is 8.28. The van der Waals surface area contributed by atoms with Crippen LogP contribution in [0.4, 0.5) is 11.6 Å². The first-order chi connectivity index (χ1) is 18.1. The van der Waals surface area contributed by atoms with E-state index in [0.717, 1.165) is 84.5 Å². The van der Waals surface area contributed by atoms with Crippen LogP contribution in [0.15, 0.2) is 65.9 Å². The summed E-state index contributed by atoms with van der Waals surface area (Å²) >= 11 is 1.58. The van der Waals surface area contributed by atoms with Crippen molar-refractivity contribution in [3.05, 3.63) is 71.6 Å². The molecule has 8 heteroatoms. The second kappa shape index (κ2) is 12.0. The van der Waals surface area contributed by atoms with Crippen LogP contribution in [-0.4, -0.2) is 55.3 Å². The molecule has 1 atom stereocenters. The predicted molar refractivity (Wildman–Crippen MR) is 156 cm³/mol. The van der Waals surface area contributed by atoms with E-state index >= 15 is 0 Å². The van der Waals surface area contributed by atoms with Crippen LogP contribution in [0.1, 0.15) is 32.4 Å². The molecular weight excluding hydrogens is 480 g/mol. The van der Waals surface area contributed by atoms with Crippen molar-refractivity contribution in [2.75, 3.05) is 49.5 Å². The SMILES string of the molecule is C=C(C)S/C(=C(\C)Oc1ccc(N2CCNCC2)c2ccccc12)c1ccnc(NC2CCCNC2)n1. The van der Waals surface area contributed by atoms with Crippen LogP contribution < -0.4 is 25.6 Å². The van der Waals surface area contributed by atoms with Crippen LogP contribution in [0.5, 0.6) is 5.75 Å². The molecule has 3 N–H and O–H groups in total. The lowest BCUT2D eigenvalue weighted by Crippen LogP contribution is -2.43. The van der Waals surface area contributed by atoms with E-state index < -0.39 is 0 Å². The summed E-state index contributed by atoms with van der Waals surface area (Å²) in [5.74, 6) is 2.27. The third-order valence-corrected chi connectivity index (χ3v) is 7.75. The van der Waals surface area contributed by atoms with Crippen LogP contribution in [0, 0.1) is 0 Å². The van der Waals surface area contributed by atoms with Gasteiger partial charge in [-0.3, -0.25) is 0 Å². The zero-order valence-electron chi connectivity index (χ0n) is 21.7. The van der Waals surface area contributed by atoms with Crippen LogP contribution in [-0.2, 0) is 0 Å². The number of piperazine rings is 1. The number of thioether (sulfide) groups is 1. The highest BCUT2D eigenvalue weighted by molar-refractivity contribution is 8.11. The number of nitrogens with zero attached hydrogens (tertiary/aromatic N) is 3. The van der Waals surface area contributed by atoms with E-state index in [1.807, 2.05) is 26.1 Å².